The molecule has 2 aromatic rings. The lowest BCUT2D eigenvalue weighted by Gasteiger charge is -2.26. The molecule has 0 aromatic heterocycles. The first-order valence-electron chi connectivity index (χ1n) is 7.90. The van der Waals surface area contributed by atoms with E-state index in [2.05, 4.69) is 0 Å². The third-order valence-electron chi connectivity index (χ3n) is 4.42. The summed E-state index contributed by atoms with van der Waals surface area (Å²) in [6.07, 6.45) is 1.79. The Morgan fingerprint density at radius 3 is 1.48 bits per heavy atom. The number of carbonyl (C=O) groups excluding carboxylic acids is 3. The molecule has 0 unspecified atom stereocenters. The van der Waals surface area contributed by atoms with Crippen molar-refractivity contribution in [3.8, 4) is 0 Å². The normalized spacial score (nSPS) is 21.0. The second-order valence-corrected chi connectivity index (χ2v) is 5.90. The molecule has 1 saturated carbocycles. The monoisotopic (exact) mass is 306 g/mol. The van der Waals surface area contributed by atoms with Gasteiger partial charge in [0.2, 0.25) is 0 Å². The molecular weight excluding hydrogens is 288 g/mol. The van der Waals surface area contributed by atoms with Gasteiger partial charge in [-0.05, 0) is 12.8 Å². The fourth-order valence-corrected chi connectivity index (χ4v) is 3.18. The minimum absolute atomic E-state index is 0.166. The predicted octanol–water partition coefficient (Wildman–Crippen LogP) is 3.74. The lowest BCUT2D eigenvalue weighted by atomic mass is 9.74. The average molecular weight is 306 g/mol. The number of benzene rings is 2. The van der Waals surface area contributed by atoms with Crippen molar-refractivity contribution in [1.82, 2.24) is 0 Å². The van der Waals surface area contributed by atoms with Crippen LogP contribution in [0.3, 0.4) is 0 Å². The van der Waals surface area contributed by atoms with Crippen LogP contribution < -0.4 is 0 Å². The van der Waals surface area contributed by atoms with Gasteiger partial charge < -0.3 is 0 Å². The Labute approximate surface area is 135 Å². The summed E-state index contributed by atoms with van der Waals surface area (Å²) in [5, 5.41) is 0. The molecule has 0 amide bonds. The molecule has 0 radical (unpaired) electrons. The van der Waals surface area contributed by atoms with Gasteiger partial charge in [0.15, 0.2) is 17.3 Å². The van der Waals surface area contributed by atoms with Crippen molar-refractivity contribution < 1.29 is 14.4 Å². The quantitative estimate of drug-likeness (QED) is 0.638. The second-order valence-electron chi connectivity index (χ2n) is 5.90. The highest BCUT2D eigenvalue weighted by Gasteiger charge is 2.39. The van der Waals surface area contributed by atoms with Crippen LogP contribution in [0.1, 0.15) is 40.0 Å². The van der Waals surface area contributed by atoms with Crippen LogP contribution in [0.15, 0.2) is 60.7 Å². The maximum Gasteiger partial charge on any atom is 0.173 e. The van der Waals surface area contributed by atoms with Crippen LogP contribution in [0.25, 0.3) is 0 Å². The van der Waals surface area contributed by atoms with E-state index in [1.54, 1.807) is 48.5 Å². The van der Waals surface area contributed by atoms with Crippen LogP contribution in [0.5, 0.6) is 0 Å². The summed E-state index contributed by atoms with van der Waals surface area (Å²) in [5.41, 5.74) is 1.08. The molecule has 2 atom stereocenters. The first-order chi connectivity index (χ1) is 11.2. The van der Waals surface area contributed by atoms with Gasteiger partial charge in [0.25, 0.3) is 0 Å². The van der Waals surface area contributed by atoms with Crippen LogP contribution >= 0.6 is 0 Å². The highest BCUT2D eigenvalue weighted by molar-refractivity contribution is 6.19. The van der Waals surface area contributed by atoms with E-state index in [-0.39, 0.29) is 17.3 Å². The molecule has 116 valence electrons. The second kappa shape index (κ2) is 6.69. The molecule has 1 aliphatic rings. The zero-order valence-corrected chi connectivity index (χ0v) is 12.8. The molecule has 3 rings (SSSR count). The van der Waals surface area contributed by atoms with Crippen LogP contribution in [0.2, 0.25) is 0 Å². The number of Topliss-reactive ketones (excluding diaryl/α,β-unsaturated/α-hetero) is 3. The summed E-state index contributed by atoms with van der Waals surface area (Å²) in [6, 6.07) is 17.7. The van der Waals surface area contributed by atoms with Gasteiger partial charge in [0, 0.05) is 11.1 Å². The molecule has 3 nitrogen and oxygen atoms in total. The minimum atomic E-state index is -0.691. The van der Waals surface area contributed by atoms with E-state index in [1.165, 1.54) is 0 Å². The number of ketones is 3. The standard InChI is InChI=1S/C20H18O3/c21-18(14-8-3-1-4-9-14)16-12-7-13-17(20(16)23)19(22)15-10-5-2-6-11-15/h1-6,8-11,16-17H,7,12-13H2/t16-,17-/m1/s1. The van der Waals surface area contributed by atoms with E-state index in [9.17, 15) is 14.4 Å². The Kier molecular flexibility index (Phi) is 4.47. The van der Waals surface area contributed by atoms with Gasteiger partial charge in [0.05, 0.1) is 11.8 Å². The summed E-state index contributed by atoms with van der Waals surface area (Å²) >= 11 is 0. The third-order valence-corrected chi connectivity index (χ3v) is 4.42. The van der Waals surface area contributed by atoms with Crippen molar-refractivity contribution in [3.05, 3.63) is 71.8 Å². The Balaban J connectivity index is 1.82. The van der Waals surface area contributed by atoms with Gasteiger partial charge in [-0.3, -0.25) is 14.4 Å². The molecule has 0 spiro atoms. The highest BCUT2D eigenvalue weighted by Crippen LogP contribution is 2.30. The Hall–Kier alpha value is -2.55. The summed E-state index contributed by atoms with van der Waals surface area (Å²) in [7, 11) is 0. The fraction of sp³-hybridized carbons (Fsp3) is 0.250. The number of rotatable bonds is 4. The zero-order valence-electron chi connectivity index (χ0n) is 12.8. The fourth-order valence-electron chi connectivity index (χ4n) is 3.18. The van der Waals surface area contributed by atoms with Gasteiger partial charge in [-0.1, -0.05) is 67.1 Å². The summed E-state index contributed by atoms with van der Waals surface area (Å²) < 4.78 is 0. The maximum atomic E-state index is 12.7. The predicted molar refractivity (Wildman–Crippen MR) is 87.4 cm³/mol. The van der Waals surface area contributed by atoms with Crippen molar-refractivity contribution in [3.63, 3.8) is 0 Å². The smallest absolute Gasteiger partial charge is 0.173 e. The van der Waals surface area contributed by atoms with Crippen molar-refractivity contribution in [1.29, 1.82) is 0 Å². The average Bonchev–Trinajstić information content (AvgIpc) is 2.62. The maximum absolute atomic E-state index is 12.7. The van der Waals surface area contributed by atoms with Gasteiger partial charge in [-0.2, -0.15) is 0 Å². The van der Waals surface area contributed by atoms with E-state index in [0.717, 1.165) is 6.42 Å². The first kappa shape index (κ1) is 15.3. The molecular formula is C20H18O3. The molecule has 0 aliphatic heterocycles. The summed E-state index contributed by atoms with van der Waals surface area (Å²) in [5.74, 6) is -1.94. The molecule has 2 aromatic carbocycles. The highest BCUT2D eigenvalue weighted by atomic mass is 16.2. The van der Waals surface area contributed by atoms with Crippen LogP contribution in [0, 0.1) is 11.8 Å². The van der Waals surface area contributed by atoms with Crippen molar-refractivity contribution in [2.45, 2.75) is 19.3 Å². The lowest BCUT2D eigenvalue weighted by Crippen LogP contribution is -2.37. The Bertz CT molecular complexity index is 658. The third kappa shape index (κ3) is 3.14. The molecule has 0 heterocycles. The summed E-state index contributed by atoms with van der Waals surface area (Å²) in [4.78, 5) is 37.9. The van der Waals surface area contributed by atoms with Crippen LogP contribution in [0.4, 0.5) is 0 Å². The van der Waals surface area contributed by atoms with Gasteiger partial charge in [0.1, 0.15) is 0 Å². The molecule has 3 heteroatoms. The zero-order chi connectivity index (χ0) is 16.2. The first-order valence-corrected chi connectivity index (χ1v) is 7.90. The number of hydrogen-bond donors (Lipinski definition) is 0. The lowest BCUT2D eigenvalue weighted by molar-refractivity contribution is -0.125. The SMILES string of the molecule is O=C(c1ccccc1)[C@H]1CCC[C@H](C(=O)c2ccccc2)C1=O. The molecule has 1 fully saturated rings. The van der Waals surface area contributed by atoms with Gasteiger partial charge >= 0.3 is 0 Å². The molecule has 0 bridgehead atoms. The number of hydrogen-bond acceptors (Lipinski definition) is 3. The van der Waals surface area contributed by atoms with Crippen molar-refractivity contribution in [2.24, 2.45) is 11.8 Å². The van der Waals surface area contributed by atoms with Gasteiger partial charge in [-0.15, -0.1) is 0 Å². The molecule has 0 saturated heterocycles. The van der Waals surface area contributed by atoms with Gasteiger partial charge in [-0.25, -0.2) is 0 Å². The van der Waals surface area contributed by atoms with E-state index in [1.807, 2.05) is 12.1 Å². The van der Waals surface area contributed by atoms with Crippen LogP contribution in [-0.2, 0) is 4.79 Å². The van der Waals surface area contributed by atoms with E-state index in [0.29, 0.717) is 24.0 Å². The van der Waals surface area contributed by atoms with E-state index >= 15 is 0 Å². The minimum Gasteiger partial charge on any atom is -0.298 e. The topological polar surface area (TPSA) is 51.2 Å². The molecule has 0 N–H and O–H groups in total. The molecule has 23 heavy (non-hydrogen) atoms. The molecule has 1 aliphatic carbocycles. The van der Waals surface area contributed by atoms with Crippen molar-refractivity contribution >= 4 is 17.3 Å². The Morgan fingerprint density at radius 2 is 1.09 bits per heavy atom. The largest absolute Gasteiger partial charge is 0.298 e. The van der Waals surface area contributed by atoms with Crippen molar-refractivity contribution in [2.75, 3.05) is 0 Å². The van der Waals surface area contributed by atoms with E-state index < -0.39 is 11.8 Å². The summed E-state index contributed by atoms with van der Waals surface area (Å²) in [6.45, 7) is 0. The van der Waals surface area contributed by atoms with E-state index in [4.69, 9.17) is 0 Å². The number of carbonyl (C=O) groups is 3. The van der Waals surface area contributed by atoms with Crippen LogP contribution in [-0.4, -0.2) is 17.3 Å². The Morgan fingerprint density at radius 1 is 0.696 bits per heavy atom.